The molecule has 0 saturated carbocycles. The zero-order valence-corrected chi connectivity index (χ0v) is 9.64. The Labute approximate surface area is 103 Å². The van der Waals surface area contributed by atoms with E-state index in [0.717, 1.165) is 0 Å². The van der Waals surface area contributed by atoms with Crippen LogP contribution in [0.4, 0.5) is 15.8 Å². The lowest BCUT2D eigenvalue weighted by Crippen LogP contribution is -2.04. The number of nitrogens with zero attached hydrogens (tertiary/aromatic N) is 1. The van der Waals surface area contributed by atoms with Crippen LogP contribution in [0.5, 0.6) is 0 Å². The number of carboxylic acids is 1. The zero-order chi connectivity index (χ0) is 13.1. The molecule has 0 aliphatic carbocycles. The Hall–Kier alpha value is -2.43. The van der Waals surface area contributed by atoms with Gasteiger partial charge in [0.1, 0.15) is 5.82 Å². The molecule has 0 spiro atoms. The van der Waals surface area contributed by atoms with Crippen molar-refractivity contribution in [1.29, 1.82) is 0 Å². The number of pyridine rings is 1. The molecule has 18 heavy (non-hydrogen) atoms. The van der Waals surface area contributed by atoms with Gasteiger partial charge >= 0.3 is 5.97 Å². The number of nitrogens with one attached hydrogen (secondary N) is 1. The molecule has 2 rings (SSSR count). The molecule has 4 nitrogen and oxygen atoms in total. The smallest absolute Gasteiger partial charge is 0.337 e. The average Bonchev–Trinajstić information content (AvgIpc) is 2.35. The highest BCUT2D eigenvalue weighted by molar-refractivity contribution is 5.94. The Kier molecular flexibility index (Phi) is 3.23. The Morgan fingerprint density at radius 3 is 2.83 bits per heavy atom. The summed E-state index contributed by atoms with van der Waals surface area (Å²) in [6.07, 6.45) is 2.79. The number of aromatic nitrogens is 1. The number of hydrogen-bond acceptors (Lipinski definition) is 3. The Balaban J connectivity index is 2.40. The fourth-order valence-electron chi connectivity index (χ4n) is 1.57. The zero-order valence-electron chi connectivity index (χ0n) is 9.64. The number of carboxylic acid groups (broad SMARTS) is 1. The van der Waals surface area contributed by atoms with Crippen LogP contribution in [0.25, 0.3) is 0 Å². The third kappa shape index (κ3) is 2.29. The summed E-state index contributed by atoms with van der Waals surface area (Å²) in [5.41, 5.74) is 1.37. The van der Waals surface area contributed by atoms with Crippen molar-refractivity contribution in [3.05, 3.63) is 53.6 Å². The van der Waals surface area contributed by atoms with Gasteiger partial charge in [-0.15, -0.1) is 0 Å². The molecule has 92 valence electrons. The van der Waals surface area contributed by atoms with Crippen molar-refractivity contribution in [3.8, 4) is 0 Å². The molecule has 2 N–H and O–H groups in total. The SMILES string of the molecule is Cc1c(F)cccc1Nc1cnccc1C(=O)O. The summed E-state index contributed by atoms with van der Waals surface area (Å²) in [5, 5.41) is 11.9. The van der Waals surface area contributed by atoms with Gasteiger partial charge in [-0.3, -0.25) is 4.98 Å². The maximum Gasteiger partial charge on any atom is 0.337 e. The van der Waals surface area contributed by atoms with Gasteiger partial charge in [-0.1, -0.05) is 6.07 Å². The first kappa shape index (κ1) is 12.0. The fraction of sp³-hybridized carbons (Fsp3) is 0.0769. The molecule has 0 atom stereocenters. The lowest BCUT2D eigenvalue weighted by Gasteiger charge is -2.11. The Morgan fingerprint density at radius 2 is 2.11 bits per heavy atom. The fourth-order valence-corrected chi connectivity index (χ4v) is 1.57. The van der Waals surface area contributed by atoms with Gasteiger partial charge in [-0.25, -0.2) is 9.18 Å². The van der Waals surface area contributed by atoms with Gasteiger partial charge in [0.15, 0.2) is 0 Å². The van der Waals surface area contributed by atoms with Gasteiger partial charge in [0.05, 0.1) is 17.4 Å². The van der Waals surface area contributed by atoms with Crippen LogP contribution in [0.1, 0.15) is 15.9 Å². The monoisotopic (exact) mass is 246 g/mol. The van der Waals surface area contributed by atoms with E-state index in [2.05, 4.69) is 10.3 Å². The van der Waals surface area contributed by atoms with Crippen LogP contribution < -0.4 is 5.32 Å². The van der Waals surface area contributed by atoms with Crippen LogP contribution in [-0.2, 0) is 0 Å². The van der Waals surface area contributed by atoms with E-state index in [1.807, 2.05) is 0 Å². The highest BCUT2D eigenvalue weighted by Gasteiger charge is 2.11. The van der Waals surface area contributed by atoms with Crippen LogP contribution in [0.15, 0.2) is 36.7 Å². The first-order valence-corrected chi connectivity index (χ1v) is 5.29. The van der Waals surface area contributed by atoms with Crippen molar-refractivity contribution >= 4 is 17.3 Å². The topological polar surface area (TPSA) is 62.2 Å². The summed E-state index contributed by atoms with van der Waals surface area (Å²) < 4.78 is 13.4. The van der Waals surface area contributed by atoms with Gasteiger partial charge in [0.25, 0.3) is 0 Å². The number of rotatable bonds is 3. The number of aromatic carboxylic acids is 1. The predicted octanol–water partition coefficient (Wildman–Crippen LogP) is 2.97. The van der Waals surface area contributed by atoms with Crippen molar-refractivity contribution in [2.45, 2.75) is 6.92 Å². The van der Waals surface area contributed by atoms with Gasteiger partial charge < -0.3 is 10.4 Å². The molecule has 1 heterocycles. The van der Waals surface area contributed by atoms with Crippen LogP contribution in [-0.4, -0.2) is 16.1 Å². The van der Waals surface area contributed by atoms with Crippen molar-refractivity contribution in [1.82, 2.24) is 4.98 Å². The number of hydrogen-bond donors (Lipinski definition) is 2. The second-order valence-corrected chi connectivity index (χ2v) is 3.76. The molecule has 0 unspecified atom stereocenters. The quantitative estimate of drug-likeness (QED) is 0.874. The first-order chi connectivity index (χ1) is 8.59. The van der Waals surface area contributed by atoms with Gasteiger partial charge in [-0.2, -0.15) is 0 Å². The summed E-state index contributed by atoms with van der Waals surface area (Å²) >= 11 is 0. The summed E-state index contributed by atoms with van der Waals surface area (Å²) in [7, 11) is 0. The number of carbonyl (C=O) groups is 1. The van der Waals surface area contributed by atoms with Gasteiger partial charge in [0, 0.05) is 17.4 Å². The molecule has 1 aromatic carbocycles. The lowest BCUT2D eigenvalue weighted by atomic mass is 10.1. The molecule has 1 aromatic heterocycles. The highest BCUT2D eigenvalue weighted by Crippen LogP contribution is 2.24. The number of anilines is 2. The first-order valence-electron chi connectivity index (χ1n) is 5.29. The van der Waals surface area contributed by atoms with E-state index in [1.165, 1.54) is 24.5 Å². The summed E-state index contributed by atoms with van der Waals surface area (Å²) in [6.45, 7) is 1.62. The third-order valence-corrected chi connectivity index (χ3v) is 2.59. The van der Waals surface area contributed by atoms with Gasteiger partial charge in [-0.05, 0) is 25.1 Å². The molecule has 0 aliphatic rings. The van der Waals surface area contributed by atoms with E-state index in [1.54, 1.807) is 19.1 Å². The molecule has 0 radical (unpaired) electrons. The van der Waals surface area contributed by atoms with Crippen molar-refractivity contribution < 1.29 is 14.3 Å². The van der Waals surface area contributed by atoms with Crippen LogP contribution >= 0.6 is 0 Å². The average molecular weight is 246 g/mol. The minimum absolute atomic E-state index is 0.0914. The second-order valence-electron chi connectivity index (χ2n) is 3.76. The summed E-state index contributed by atoms with van der Waals surface area (Å²) in [4.78, 5) is 14.9. The summed E-state index contributed by atoms with van der Waals surface area (Å²) in [6, 6.07) is 5.97. The standard InChI is InChI=1S/C13H11FN2O2/c1-8-10(14)3-2-4-11(8)16-12-7-15-6-5-9(12)13(17)18/h2-7,16H,1H3,(H,17,18). The second kappa shape index (κ2) is 4.83. The molecule has 2 aromatic rings. The highest BCUT2D eigenvalue weighted by atomic mass is 19.1. The third-order valence-electron chi connectivity index (χ3n) is 2.59. The molecule has 0 saturated heterocycles. The Morgan fingerprint density at radius 1 is 1.33 bits per heavy atom. The molecule has 0 fully saturated rings. The van der Waals surface area contributed by atoms with Crippen molar-refractivity contribution in [2.24, 2.45) is 0 Å². The normalized spacial score (nSPS) is 10.1. The minimum Gasteiger partial charge on any atom is -0.478 e. The van der Waals surface area contributed by atoms with E-state index in [9.17, 15) is 9.18 Å². The van der Waals surface area contributed by atoms with Crippen molar-refractivity contribution in [3.63, 3.8) is 0 Å². The Bertz CT molecular complexity index is 599. The van der Waals surface area contributed by atoms with E-state index in [4.69, 9.17) is 5.11 Å². The molecular formula is C13H11FN2O2. The summed E-state index contributed by atoms with van der Waals surface area (Å²) in [5.74, 6) is -1.41. The van der Waals surface area contributed by atoms with Crippen molar-refractivity contribution in [2.75, 3.05) is 5.32 Å². The molecule has 0 bridgehead atoms. The maximum absolute atomic E-state index is 13.4. The van der Waals surface area contributed by atoms with Gasteiger partial charge in [0.2, 0.25) is 0 Å². The lowest BCUT2D eigenvalue weighted by molar-refractivity contribution is 0.0698. The predicted molar refractivity (Wildman–Crippen MR) is 65.6 cm³/mol. The number of benzene rings is 1. The maximum atomic E-state index is 13.4. The van der Waals surface area contributed by atoms with Crippen LogP contribution in [0, 0.1) is 12.7 Å². The van der Waals surface area contributed by atoms with E-state index >= 15 is 0 Å². The largest absolute Gasteiger partial charge is 0.478 e. The van der Waals surface area contributed by atoms with E-state index in [-0.39, 0.29) is 11.4 Å². The molecule has 5 heteroatoms. The van der Waals surface area contributed by atoms with Crippen LogP contribution in [0.3, 0.4) is 0 Å². The molecule has 0 aliphatic heterocycles. The molecular weight excluding hydrogens is 235 g/mol. The van der Waals surface area contributed by atoms with E-state index < -0.39 is 5.97 Å². The van der Waals surface area contributed by atoms with Crippen LogP contribution in [0.2, 0.25) is 0 Å². The molecule has 0 amide bonds. The number of halogens is 1. The minimum atomic E-state index is -1.06. The van der Waals surface area contributed by atoms with E-state index in [0.29, 0.717) is 16.9 Å².